The van der Waals surface area contributed by atoms with Crippen LogP contribution in [0.1, 0.15) is 16.7 Å². The number of nitrogens with zero attached hydrogens (tertiary/aromatic N) is 6. The van der Waals surface area contributed by atoms with Gasteiger partial charge < -0.3 is 14.8 Å². The average molecular weight is 321 g/mol. The molecular weight excluding hydrogens is 302 g/mol. The Kier molecular flexibility index (Phi) is 4.34. The van der Waals surface area contributed by atoms with E-state index in [0.29, 0.717) is 6.54 Å². The second-order valence-corrected chi connectivity index (χ2v) is 6.35. The van der Waals surface area contributed by atoms with Gasteiger partial charge in [-0.05, 0) is 0 Å². The van der Waals surface area contributed by atoms with Crippen LogP contribution in [-0.2, 0) is 26.2 Å². The molecule has 1 N–H and O–H groups in total. The van der Waals surface area contributed by atoms with Gasteiger partial charge in [-0.3, -0.25) is 4.90 Å². The molecule has 1 aliphatic heterocycles. The molecule has 0 bridgehead atoms. The maximum atomic E-state index is 11.6. The molecule has 3 heterocycles. The number of thiazole rings is 1. The van der Waals surface area contributed by atoms with Crippen molar-refractivity contribution in [2.24, 2.45) is 0 Å². The number of nitrogens with one attached hydrogen (secondary N) is 1. The largest absolute Gasteiger partial charge is 0.331 e. The first-order chi connectivity index (χ1) is 10.6. The highest BCUT2D eigenvalue weighted by molar-refractivity contribution is 7.09. The average Bonchev–Trinajstić information content (AvgIpc) is 3.14. The van der Waals surface area contributed by atoms with E-state index >= 15 is 0 Å². The molecule has 0 saturated carbocycles. The lowest BCUT2D eigenvalue weighted by Gasteiger charge is -2.26. The smallest absolute Gasteiger partial charge is 0.317 e. The van der Waals surface area contributed by atoms with E-state index in [4.69, 9.17) is 0 Å². The molecule has 8 nitrogen and oxygen atoms in total. The van der Waals surface area contributed by atoms with Gasteiger partial charge >= 0.3 is 6.03 Å². The van der Waals surface area contributed by atoms with Crippen molar-refractivity contribution in [3.8, 4) is 0 Å². The van der Waals surface area contributed by atoms with Crippen LogP contribution >= 0.6 is 11.3 Å². The van der Waals surface area contributed by atoms with Crippen LogP contribution in [0.25, 0.3) is 0 Å². The van der Waals surface area contributed by atoms with E-state index in [0.717, 1.165) is 42.8 Å². The van der Waals surface area contributed by atoms with E-state index in [1.165, 1.54) is 4.90 Å². The molecule has 0 atom stereocenters. The molecule has 2 amide bonds. The maximum absolute atomic E-state index is 11.6. The Labute approximate surface area is 132 Å². The summed E-state index contributed by atoms with van der Waals surface area (Å²) < 4.78 is 2.09. The van der Waals surface area contributed by atoms with Crippen LogP contribution in [0.4, 0.5) is 4.79 Å². The molecule has 22 heavy (non-hydrogen) atoms. The number of rotatable bonds is 4. The molecule has 1 aliphatic rings. The molecule has 9 heteroatoms. The number of fused-ring (bicyclic) bond motifs is 1. The van der Waals surface area contributed by atoms with Crippen LogP contribution in [0.2, 0.25) is 0 Å². The number of carbonyl (C=O) groups excluding carboxylic acids is 1. The minimum Gasteiger partial charge on any atom is -0.331 e. The van der Waals surface area contributed by atoms with Crippen molar-refractivity contribution >= 4 is 17.4 Å². The molecule has 0 unspecified atom stereocenters. The Bertz CT molecular complexity index is 637. The molecule has 0 saturated heterocycles. The number of amides is 2. The molecule has 2 aromatic rings. The quantitative estimate of drug-likeness (QED) is 0.888. The zero-order valence-electron chi connectivity index (χ0n) is 12.7. The molecule has 3 rings (SSSR count). The highest BCUT2D eigenvalue weighted by atomic mass is 32.1. The van der Waals surface area contributed by atoms with Crippen molar-refractivity contribution in [2.45, 2.75) is 26.2 Å². The topological polar surface area (TPSA) is 79.2 Å². The van der Waals surface area contributed by atoms with Crippen LogP contribution in [0.3, 0.4) is 0 Å². The number of carbonyl (C=O) groups is 1. The van der Waals surface area contributed by atoms with Crippen LogP contribution in [0, 0.1) is 0 Å². The van der Waals surface area contributed by atoms with Gasteiger partial charge in [0.05, 0.1) is 19.6 Å². The molecule has 2 aromatic heterocycles. The van der Waals surface area contributed by atoms with Gasteiger partial charge in [0, 0.05) is 38.8 Å². The van der Waals surface area contributed by atoms with E-state index in [2.05, 4.69) is 30.0 Å². The van der Waals surface area contributed by atoms with Crippen LogP contribution < -0.4 is 5.32 Å². The standard InChI is InChI=1S/C13H19N7OS/c1-18(2)13(21)15-7-10-16-17-11-8-19(4-5-20(10)11)9-12-14-3-6-22-12/h3,6H,4-5,7-9H2,1-2H3,(H,15,21). The summed E-state index contributed by atoms with van der Waals surface area (Å²) in [5, 5.41) is 14.4. The minimum absolute atomic E-state index is 0.126. The summed E-state index contributed by atoms with van der Waals surface area (Å²) >= 11 is 1.67. The second-order valence-electron chi connectivity index (χ2n) is 5.37. The van der Waals surface area contributed by atoms with Gasteiger partial charge in [-0.1, -0.05) is 0 Å². The van der Waals surface area contributed by atoms with E-state index < -0.39 is 0 Å². The normalized spacial score (nSPS) is 14.6. The minimum atomic E-state index is -0.126. The summed E-state index contributed by atoms with van der Waals surface area (Å²) in [5.74, 6) is 1.75. The summed E-state index contributed by atoms with van der Waals surface area (Å²) in [7, 11) is 3.43. The van der Waals surface area contributed by atoms with E-state index in [9.17, 15) is 4.79 Å². The summed E-state index contributed by atoms with van der Waals surface area (Å²) in [6.07, 6.45) is 1.83. The van der Waals surface area contributed by atoms with Crippen molar-refractivity contribution in [3.63, 3.8) is 0 Å². The summed E-state index contributed by atoms with van der Waals surface area (Å²) in [5.41, 5.74) is 0. The molecule has 0 radical (unpaired) electrons. The third kappa shape index (κ3) is 3.25. The van der Waals surface area contributed by atoms with Crippen molar-refractivity contribution in [1.29, 1.82) is 0 Å². The van der Waals surface area contributed by atoms with Gasteiger partial charge in [-0.15, -0.1) is 21.5 Å². The summed E-state index contributed by atoms with van der Waals surface area (Å²) in [4.78, 5) is 19.7. The molecule has 0 fully saturated rings. The van der Waals surface area contributed by atoms with E-state index in [1.807, 2.05) is 11.6 Å². The third-order valence-electron chi connectivity index (χ3n) is 3.56. The maximum Gasteiger partial charge on any atom is 0.317 e. The first-order valence-electron chi connectivity index (χ1n) is 7.10. The van der Waals surface area contributed by atoms with Crippen molar-refractivity contribution in [3.05, 3.63) is 28.2 Å². The van der Waals surface area contributed by atoms with Gasteiger partial charge in [0.15, 0.2) is 5.82 Å². The van der Waals surface area contributed by atoms with Crippen molar-refractivity contribution in [2.75, 3.05) is 20.6 Å². The van der Waals surface area contributed by atoms with Gasteiger partial charge in [0.2, 0.25) is 0 Å². The Morgan fingerprint density at radius 2 is 2.27 bits per heavy atom. The molecule has 118 valence electrons. The Morgan fingerprint density at radius 1 is 1.41 bits per heavy atom. The first kappa shape index (κ1) is 14.9. The lowest BCUT2D eigenvalue weighted by Crippen LogP contribution is -2.36. The zero-order valence-corrected chi connectivity index (χ0v) is 13.5. The predicted octanol–water partition coefficient (Wildman–Crippen LogP) is 0.522. The second kappa shape index (κ2) is 6.41. The predicted molar refractivity (Wildman–Crippen MR) is 82.2 cm³/mol. The molecular formula is C13H19N7OS. The first-order valence-corrected chi connectivity index (χ1v) is 7.98. The Hall–Kier alpha value is -2.00. The number of urea groups is 1. The highest BCUT2D eigenvalue weighted by Gasteiger charge is 2.21. The molecule has 0 spiro atoms. The van der Waals surface area contributed by atoms with Crippen molar-refractivity contribution < 1.29 is 4.79 Å². The fourth-order valence-corrected chi connectivity index (χ4v) is 3.03. The van der Waals surface area contributed by atoms with Gasteiger partial charge in [0.1, 0.15) is 10.8 Å². The monoisotopic (exact) mass is 321 g/mol. The van der Waals surface area contributed by atoms with Gasteiger partial charge in [-0.2, -0.15) is 0 Å². The molecule has 0 aliphatic carbocycles. The van der Waals surface area contributed by atoms with E-state index in [1.54, 1.807) is 25.4 Å². The van der Waals surface area contributed by atoms with Gasteiger partial charge in [-0.25, -0.2) is 9.78 Å². The highest BCUT2D eigenvalue weighted by Crippen LogP contribution is 2.16. The van der Waals surface area contributed by atoms with Crippen molar-refractivity contribution in [1.82, 2.24) is 34.9 Å². The van der Waals surface area contributed by atoms with Crippen LogP contribution in [0.5, 0.6) is 0 Å². The van der Waals surface area contributed by atoms with Gasteiger partial charge in [0.25, 0.3) is 0 Å². The lowest BCUT2D eigenvalue weighted by atomic mass is 10.3. The third-order valence-corrected chi connectivity index (χ3v) is 4.32. The summed E-state index contributed by atoms with van der Waals surface area (Å²) in [6, 6.07) is -0.126. The number of hydrogen-bond acceptors (Lipinski definition) is 6. The Balaban J connectivity index is 1.61. The summed E-state index contributed by atoms with van der Waals surface area (Å²) in [6.45, 7) is 3.77. The SMILES string of the molecule is CN(C)C(=O)NCc1nnc2n1CCN(Cc1nccs1)C2. The van der Waals surface area contributed by atoms with Crippen LogP contribution in [-0.4, -0.2) is 56.2 Å². The zero-order chi connectivity index (χ0) is 15.5. The van der Waals surface area contributed by atoms with Crippen LogP contribution in [0.15, 0.2) is 11.6 Å². The fourth-order valence-electron chi connectivity index (χ4n) is 2.37. The van der Waals surface area contributed by atoms with E-state index in [-0.39, 0.29) is 6.03 Å². The molecule has 0 aromatic carbocycles. The number of hydrogen-bond donors (Lipinski definition) is 1. The fraction of sp³-hybridized carbons (Fsp3) is 0.538. The lowest BCUT2D eigenvalue weighted by molar-refractivity contribution is 0.205. The Morgan fingerprint density at radius 3 is 3.00 bits per heavy atom. The number of aromatic nitrogens is 4.